The van der Waals surface area contributed by atoms with Gasteiger partial charge in [0.1, 0.15) is 11.5 Å². The molecule has 0 aliphatic rings. The molecule has 5 N–H and O–H groups in total. The zero-order valence-corrected chi connectivity index (χ0v) is 11.3. The quantitative estimate of drug-likeness (QED) is 0.510. The molecule has 0 bridgehead atoms. The van der Waals surface area contributed by atoms with Crippen molar-refractivity contribution in [3.8, 4) is 11.5 Å². The minimum Gasteiger partial charge on any atom is -0.508 e. The molecule has 1 atom stereocenters. The van der Waals surface area contributed by atoms with Gasteiger partial charge >= 0.3 is 5.69 Å². The maximum Gasteiger partial charge on any atom is 0.323 e. The fraction of sp³-hybridized carbons (Fsp3) is 0.133. The number of benzene rings is 2. The molecule has 1 heterocycles. The number of phenols is 2. The number of anilines is 1. The van der Waals surface area contributed by atoms with E-state index >= 15 is 0 Å². The Hall–Kier alpha value is -2.89. The van der Waals surface area contributed by atoms with E-state index in [-0.39, 0.29) is 23.2 Å². The van der Waals surface area contributed by atoms with Crippen molar-refractivity contribution in [1.29, 1.82) is 0 Å². The van der Waals surface area contributed by atoms with Crippen LogP contribution in [0.25, 0.3) is 11.0 Å². The van der Waals surface area contributed by atoms with Crippen molar-refractivity contribution in [1.82, 2.24) is 9.97 Å². The van der Waals surface area contributed by atoms with E-state index in [1.54, 1.807) is 12.1 Å². The zero-order chi connectivity index (χ0) is 15.0. The maximum atomic E-state index is 11.2. The largest absolute Gasteiger partial charge is 0.508 e. The molecule has 0 aliphatic heterocycles. The number of fused-ring (bicyclic) bond motifs is 1. The second-order valence-corrected chi connectivity index (χ2v) is 4.95. The number of aromatic nitrogens is 2. The molecule has 0 fully saturated rings. The van der Waals surface area contributed by atoms with Crippen molar-refractivity contribution < 1.29 is 10.2 Å². The van der Waals surface area contributed by atoms with Crippen LogP contribution in [0.1, 0.15) is 18.5 Å². The highest BCUT2D eigenvalue weighted by Crippen LogP contribution is 2.30. The van der Waals surface area contributed by atoms with E-state index in [4.69, 9.17) is 0 Å². The Morgan fingerprint density at radius 2 is 1.81 bits per heavy atom. The summed E-state index contributed by atoms with van der Waals surface area (Å²) in [4.78, 5) is 16.6. The molecule has 108 valence electrons. The summed E-state index contributed by atoms with van der Waals surface area (Å²) in [5, 5.41) is 22.4. The summed E-state index contributed by atoms with van der Waals surface area (Å²) in [5.41, 5.74) is 2.71. The first-order chi connectivity index (χ1) is 10.0. The van der Waals surface area contributed by atoms with Crippen molar-refractivity contribution in [3.05, 3.63) is 52.4 Å². The molecule has 6 nitrogen and oxygen atoms in total. The van der Waals surface area contributed by atoms with Gasteiger partial charge < -0.3 is 25.5 Å². The molecule has 0 radical (unpaired) electrons. The number of imidazole rings is 1. The Balaban J connectivity index is 1.88. The van der Waals surface area contributed by atoms with Crippen LogP contribution in [0.15, 0.2) is 41.2 Å². The van der Waals surface area contributed by atoms with Gasteiger partial charge in [0.2, 0.25) is 0 Å². The Kier molecular flexibility index (Phi) is 3.06. The highest BCUT2D eigenvalue weighted by Gasteiger charge is 2.11. The van der Waals surface area contributed by atoms with E-state index in [1.165, 1.54) is 12.1 Å². The Labute approximate surface area is 120 Å². The molecule has 2 aromatic carbocycles. The Morgan fingerprint density at radius 3 is 2.57 bits per heavy atom. The van der Waals surface area contributed by atoms with Crippen LogP contribution in [0.4, 0.5) is 5.69 Å². The van der Waals surface area contributed by atoms with Crippen LogP contribution in [-0.4, -0.2) is 20.2 Å². The van der Waals surface area contributed by atoms with E-state index in [0.29, 0.717) is 11.1 Å². The number of nitrogens with one attached hydrogen (secondary N) is 3. The van der Waals surface area contributed by atoms with Crippen molar-refractivity contribution in [2.45, 2.75) is 13.0 Å². The second kappa shape index (κ2) is 4.90. The van der Waals surface area contributed by atoms with Crippen molar-refractivity contribution >= 4 is 16.7 Å². The molecule has 0 saturated carbocycles. The predicted octanol–water partition coefficient (Wildman–Crippen LogP) is 2.44. The lowest BCUT2D eigenvalue weighted by atomic mass is 10.1. The summed E-state index contributed by atoms with van der Waals surface area (Å²) in [6.07, 6.45) is 0. The number of aromatic hydroxyl groups is 2. The zero-order valence-electron chi connectivity index (χ0n) is 11.3. The highest BCUT2D eigenvalue weighted by molar-refractivity contribution is 5.78. The standard InChI is InChI=1S/C15H15N3O3/c1-8(11-4-3-10(19)7-14(11)20)16-9-2-5-12-13(6-9)18-15(21)17-12/h2-8,16,19-20H,1H3,(H2,17,18,21). The summed E-state index contributed by atoms with van der Waals surface area (Å²) < 4.78 is 0. The van der Waals surface area contributed by atoms with Crippen LogP contribution in [0, 0.1) is 0 Å². The van der Waals surface area contributed by atoms with Gasteiger partial charge in [0.25, 0.3) is 0 Å². The number of phenolic OH excluding ortho intramolecular Hbond substituents is 2. The summed E-state index contributed by atoms with van der Waals surface area (Å²) in [6.45, 7) is 1.90. The highest BCUT2D eigenvalue weighted by atomic mass is 16.3. The number of aromatic amines is 2. The van der Waals surface area contributed by atoms with Gasteiger partial charge in [0, 0.05) is 17.3 Å². The fourth-order valence-corrected chi connectivity index (χ4v) is 2.35. The SMILES string of the molecule is CC(Nc1ccc2[nH]c(=O)[nH]c2c1)c1ccc(O)cc1O. The van der Waals surface area contributed by atoms with Crippen molar-refractivity contribution in [2.24, 2.45) is 0 Å². The summed E-state index contributed by atoms with van der Waals surface area (Å²) in [5.74, 6) is 0.0564. The average Bonchev–Trinajstić information content (AvgIpc) is 2.77. The third-order valence-corrected chi connectivity index (χ3v) is 3.38. The lowest BCUT2D eigenvalue weighted by Gasteiger charge is -2.17. The number of hydrogen-bond acceptors (Lipinski definition) is 4. The maximum absolute atomic E-state index is 11.2. The lowest BCUT2D eigenvalue weighted by Crippen LogP contribution is -2.06. The first-order valence-electron chi connectivity index (χ1n) is 6.53. The van der Waals surface area contributed by atoms with Crippen LogP contribution in [0.5, 0.6) is 11.5 Å². The van der Waals surface area contributed by atoms with E-state index in [2.05, 4.69) is 15.3 Å². The Morgan fingerprint density at radius 1 is 1.05 bits per heavy atom. The number of H-pyrrole nitrogens is 2. The minimum atomic E-state index is -0.244. The summed E-state index contributed by atoms with van der Waals surface area (Å²) >= 11 is 0. The van der Waals surface area contributed by atoms with Crippen LogP contribution >= 0.6 is 0 Å². The topological polar surface area (TPSA) is 101 Å². The molecule has 3 aromatic rings. The molecule has 1 aromatic heterocycles. The molecular formula is C15H15N3O3. The fourth-order valence-electron chi connectivity index (χ4n) is 2.35. The first kappa shape index (κ1) is 13.1. The summed E-state index contributed by atoms with van der Waals surface area (Å²) in [7, 11) is 0. The molecule has 0 aliphatic carbocycles. The van der Waals surface area contributed by atoms with Crippen LogP contribution < -0.4 is 11.0 Å². The summed E-state index contributed by atoms with van der Waals surface area (Å²) in [6, 6.07) is 9.81. The predicted molar refractivity (Wildman–Crippen MR) is 80.7 cm³/mol. The monoisotopic (exact) mass is 285 g/mol. The molecule has 3 rings (SSSR count). The van der Waals surface area contributed by atoms with E-state index in [0.717, 1.165) is 11.2 Å². The average molecular weight is 285 g/mol. The van der Waals surface area contributed by atoms with Crippen molar-refractivity contribution in [2.75, 3.05) is 5.32 Å². The molecule has 6 heteroatoms. The number of rotatable bonds is 3. The smallest absolute Gasteiger partial charge is 0.323 e. The molecular weight excluding hydrogens is 270 g/mol. The van der Waals surface area contributed by atoms with Crippen LogP contribution in [0.3, 0.4) is 0 Å². The van der Waals surface area contributed by atoms with Gasteiger partial charge in [-0.3, -0.25) is 0 Å². The number of hydrogen-bond donors (Lipinski definition) is 5. The molecule has 0 amide bonds. The van der Waals surface area contributed by atoms with Crippen molar-refractivity contribution in [3.63, 3.8) is 0 Å². The molecule has 1 unspecified atom stereocenters. The van der Waals surface area contributed by atoms with Gasteiger partial charge in [0.05, 0.1) is 17.1 Å². The molecule has 21 heavy (non-hydrogen) atoms. The molecule has 0 saturated heterocycles. The normalized spacial score (nSPS) is 12.4. The third-order valence-electron chi connectivity index (χ3n) is 3.38. The van der Waals surface area contributed by atoms with Gasteiger partial charge in [-0.15, -0.1) is 0 Å². The second-order valence-electron chi connectivity index (χ2n) is 4.95. The van der Waals surface area contributed by atoms with E-state index in [9.17, 15) is 15.0 Å². The van der Waals surface area contributed by atoms with Gasteiger partial charge in [-0.1, -0.05) is 0 Å². The Bertz CT molecular complexity index is 851. The van der Waals surface area contributed by atoms with E-state index in [1.807, 2.05) is 19.1 Å². The first-order valence-corrected chi connectivity index (χ1v) is 6.53. The van der Waals surface area contributed by atoms with Gasteiger partial charge in [-0.2, -0.15) is 0 Å². The van der Waals surface area contributed by atoms with E-state index < -0.39 is 0 Å². The van der Waals surface area contributed by atoms with Crippen LogP contribution in [0.2, 0.25) is 0 Å². The third kappa shape index (κ3) is 2.55. The minimum absolute atomic E-state index is 0.0229. The van der Waals surface area contributed by atoms with Crippen LogP contribution in [-0.2, 0) is 0 Å². The lowest BCUT2D eigenvalue weighted by molar-refractivity contribution is 0.444. The van der Waals surface area contributed by atoms with Gasteiger partial charge in [0.15, 0.2) is 0 Å². The van der Waals surface area contributed by atoms with Gasteiger partial charge in [-0.25, -0.2) is 4.79 Å². The molecule has 0 spiro atoms. The van der Waals surface area contributed by atoms with Gasteiger partial charge in [-0.05, 0) is 37.3 Å².